The number of carbonyl (C=O) groups is 2. The van der Waals surface area contributed by atoms with E-state index in [1.165, 1.54) is 11.1 Å². The van der Waals surface area contributed by atoms with Gasteiger partial charge in [-0.25, -0.2) is 0 Å². The minimum atomic E-state index is -0.126. The van der Waals surface area contributed by atoms with Gasteiger partial charge in [0.05, 0.1) is 12.8 Å². The fourth-order valence-corrected chi connectivity index (χ4v) is 4.52. The fraction of sp³-hybridized carbons (Fsp3) is 0.444. The van der Waals surface area contributed by atoms with Gasteiger partial charge in [0.1, 0.15) is 0 Å². The van der Waals surface area contributed by atoms with Gasteiger partial charge >= 0.3 is 5.97 Å². The first-order valence-corrected chi connectivity index (χ1v) is 12.2. The van der Waals surface area contributed by atoms with Gasteiger partial charge in [0.2, 0.25) is 0 Å². The summed E-state index contributed by atoms with van der Waals surface area (Å²) >= 11 is 0. The number of hydrazone groups is 1. The van der Waals surface area contributed by atoms with E-state index in [0.717, 1.165) is 56.7 Å². The van der Waals surface area contributed by atoms with E-state index in [4.69, 9.17) is 4.74 Å². The van der Waals surface area contributed by atoms with Crippen molar-refractivity contribution in [1.29, 1.82) is 0 Å². The summed E-state index contributed by atoms with van der Waals surface area (Å²) in [6.45, 7) is 6.17. The molecule has 1 atom stereocenters. The largest absolute Gasteiger partial charge is 0.466 e. The van der Waals surface area contributed by atoms with Crippen LogP contribution in [0, 0.1) is 5.92 Å². The fourth-order valence-electron chi connectivity index (χ4n) is 4.52. The number of piperazine rings is 1. The number of hydrogen-bond acceptors (Lipinski definition) is 6. The summed E-state index contributed by atoms with van der Waals surface area (Å²) < 4.78 is 5.09. The number of hydrogen-bond donors (Lipinski definition) is 1. The van der Waals surface area contributed by atoms with Gasteiger partial charge in [-0.15, -0.1) is 0 Å². The first-order chi connectivity index (χ1) is 16.5. The van der Waals surface area contributed by atoms with E-state index in [9.17, 15) is 9.59 Å². The third-order valence-corrected chi connectivity index (χ3v) is 6.58. The molecule has 2 aliphatic rings. The van der Waals surface area contributed by atoms with Crippen LogP contribution in [-0.2, 0) is 22.4 Å². The third-order valence-electron chi connectivity index (χ3n) is 6.58. The monoisotopic (exact) mass is 462 g/mol. The van der Waals surface area contributed by atoms with Crippen molar-refractivity contribution >= 4 is 23.8 Å². The van der Waals surface area contributed by atoms with Gasteiger partial charge in [-0.3, -0.25) is 14.6 Å². The van der Waals surface area contributed by atoms with Crippen molar-refractivity contribution in [1.82, 2.24) is 9.91 Å². The Hall–Kier alpha value is -3.19. The molecule has 1 unspecified atom stereocenters. The second-order valence-corrected chi connectivity index (χ2v) is 9.18. The molecule has 0 radical (unpaired) electrons. The predicted octanol–water partition coefficient (Wildman–Crippen LogP) is 3.58. The maximum Gasteiger partial charge on any atom is 0.306 e. The van der Waals surface area contributed by atoms with E-state index in [1.807, 2.05) is 43.5 Å². The molecule has 1 saturated heterocycles. The van der Waals surface area contributed by atoms with Crippen LogP contribution in [0.15, 0.2) is 47.6 Å². The lowest BCUT2D eigenvalue weighted by atomic mass is 9.82. The van der Waals surface area contributed by atoms with Gasteiger partial charge in [0, 0.05) is 43.9 Å². The molecule has 1 amide bonds. The predicted molar refractivity (Wildman–Crippen MR) is 134 cm³/mol. The number of benzene rings is 2. The second kappa shape index (κ2) is 11.3. The standard InChI is InChI=1S/C27H34N4O3/c1-3-34-26(32)17-21-6-9-24-18-25(11-10-23(24)16-21)29-27(33)22-7-4-20(5-8-22)19-28-31-14-12-30(2)13-15-31/h4-5,7-8,10-11,18-19,21H,3,6,9,12-17H2,1-2H3,(H,29,33). The van der Waals surface area contributed by atoms with Crippen LogP contribution in [-0.4, -0.2) is 67.8 Å². The molecular weight excluding hydrogens is 428 g/mol. The Morgan fingerprint density at radius 1 is 1.09 bits per heavy atom. The molecule has 7 heteroatoms. The molecule has 1 aliphatic carbocycles. The van der Waals surface area contributed by atoms with Crippen LogP contribution < -0.4 is 5.32 Å². The van der Waals surface area contributed by atoms with E-state index in [0.29, 0.717) is 24.5 Å². The van der Waals surface area contributed by atoms with Crippen molar-refractivity contribution in [3.63, 3.8) is 0 Å². The highest BCUT2D eigenvalue weighted by Crippen LogP contribution is 2.30. The molecule has 1 aliphatic heterocycles. The van der Waals surface area contributed by atoms with E-state index in [-0.39, 0.29) is 11.9 Å². The number of carbonyl (C=O) groups excluding carboxylic acids is 2. The van der Waals surface area contributed by atoms with E-state index < -0.39 is 0 Å². The average Bonchev–Trinajstić information content (AvgIpc) is 2.84. The van der Waals surface area contributed by atoms with Crippen molar-refractivity contribution in [2.75, 3.05) is 45.2 Å². The SMILES string of the molecule is CCOC(=O)CC1CCc2cc(NC(=O)c3ccc(C=NN4CCN(C)CC4)cc3)ccc2C1. The molecule has 1 fully saturated rings. The van der Waals surface area contributed by atoms with Crippen LogP contribution in [0.3, 0.4) is 0 Å². The summed E-state index contributed by atoms with van der Waals surface area (Å²) in [4.78, 5) is 26.8. The zero-order chi connectivity index (χ0) is 23.9. The number of ether oxygens (including phenoxy) is 1. The first kappa shape index (κ1) is 24.0. The Balaban J connectivity index is 1.31. The number of likely N-dealkylation sites (N-methyl/N-ethyl adjacent to an activating group) is 1. The summed E-state index contributed by atoms with van der Waals surface area (Å²) in [6, 6.07) is 13.6. The van der Waals surface area contributed by atoms with Crippen LogP contribution in [0.4, 0.5) is 5.69 Å². The van der Waals surface area contributed by atoms with Gasteiger partial charge in [-0.2, -0.15) is 5.10 Å². The zero-order valence-electron chi connectivity index (χ0n) is 20.1. The van der Waals surface area contributed by atoms with Crippen molar-refractivity contribution in [3.05, 3.63) is 64.7 Å². The van der Waals surface area contributed by atoms with Gasteiger partial charge in [0.15, 0.2) is 0 Å². The smallest absolute Gasteiger partial charge is 0.306 e. The summed E-state index contributed by atoms with van der Waals surface area (Å²) in [5.41, 5.74) is 4.88. The third kappa shape index (κ3) is 6.44. The number of rotatable bonds is 7. The van der Waals surface area contributed by atoms with Crippen LogP contribution >= 0.6 is 0 Å². The van der Waals surface area contributed by atoms with Crippen LogP contribution in [0.5, 0.6) is 0 Å². The van der Waals surface area contributed by atoms with Crippen LogP contribution in [0.25, 0.3) is 0 Å². The Morgan fingerprint density at radius 2 is 1.85 bits per heavy atom. The van der Waals surface area contributed by atoms with Crippen LogP contribution in [0.1, 0.15) is 46.8 Å². The minimum Gasteiger partial charge on any atom is -0.466 e. The maximum atomic E-state index is 12.8. The number of esters is 1. The number of fused-ring (bicyclic) bond motifs is 1. The Labute approximate surface area is 201 Å². The molecule has 34 heavy (non-hydrogen) atoms. The van der Waals surface area contributed by atoms with Crippen molar-refractivity contribution < 1.29 is 14.3 Å². The molecule has 0 bridgehead atoms. The average molecular weight is 463 g/mol. The summed E-state index contributed by atoms with van der Waals surface area (Å²) in [5, 5.41) is 9.65. The number of nitrogens with zero attached hydrogens (tertiary/aromatic N) is 3. The van der Waals surface area contributed by atoms with E-state index in [2.05, 4.69) is 39.5 Å². The van der Waals surface area contributed by atoms with E-state index >= 15 is 0 Å². The highest BCUT2D eigenvalue weighted by Gasteiger charge is 2.22. The van der Waals surface area contributed by atoms with Gasteiger partial charge < -0.3 is 15.0 Å². The van der Waals surface area contributed by atoms with E-state index in [1.54, 1.807) is 0 Å². The maximum absolute atomic E-state index is 12.8. The molecule has 0 saturated carbocycles. The highest BCUT2D eigenvalue weighted by atomic mass is 16.5. The molecule has 7 nitrogen and oxygen atoms in total. The number of amides is 1. The number of aryl methyl sites for hydroxylation is 1. The molecule has 2 aromatic rings. The molecular formula is C27H34N4O3. The molecule has 0 aromatic heterocycles. The molecule has 2 aromatic carbocycles. The Morgan fingerprint density at radius 3 is 2.59 bits per heavy atom. The lowest BCUT2D eigenvalue weighted by molar-refractivity contribution is -0.144. The lowest BCUT2D eigenvalue weighted by Gasteiger charge is -2.30. The van der Waals surface area contributed by atoms with Gasteiger partial charge in [-0.05, 0) is 80.1 Å². The summed E-state index contributed by atoms with van der Waals surface area (Å²) in [5.74, 6) is 0.0836. The lowest BCUT2D eigenvalue weighted by Crippen LogP contribution is -2.41. The molecule has 180 valence electrons. The van der Waals surface area contributed by atoms with Crippen LogP contribution in [0.2, 0.25) is 0 Å². The summed E-state index contributed by atoms with van der Waals surface area (Å²) in [7, 11) is 2.12. The minimum absolute atomic E-state index is 0.114. The molecule has 0 spiro atoms. The number of nitrogens with one attached hydrogen (secondary N) is 1. The molecule has 4 rings (SSSR count). The summed E-state index contributed by atoms with van der Waals surface area (Å²) in [6.07, 6.45) is 5.07. The highest BCUT2D eigenvalue weighted by molar-refractivity contribution is 6.04. The van der Waals surface area contributed by atoms with Gasteiger partial charge in [0.25, 0.3) is 5.91 Å². The van der Waals surface area contributed by atoms with Gasteiger partial charge in [-0.1, -0.05) is 18.2 Å². The second-order valence-electron chi connectivity index (χ2n) is 9.18. The Kier molecular flexibility index (Phi) is 7.95. The zero-order valence-corrected chi connectivity index (χ0v) is 20.1. The Bertz CT molecular complexity index is 1030. The normalized spacial score (nSPS) is 18.5. The molecule has 1 heterocycles. The van der Waals surface area contributed by atoms with Crippen molar-refractivity contribution in [2.45, 2.75) is 32.6 Å². The topological polar surface area (TPSA) is 74.2 Å². The number of anilines is 1. The quantitative estimate of drug-likeness (QED) is 0.503. The van der Waals surface area contributed by atoms with Crippen molar-refractivity contribution in [2.24, 2.45) is 11.0 Å². The molecule has 1 N–H and O–H groups in total. The van der Waals surface area contributed by atoms with Crippen molar-refractivity contribution in [3.8, 4) is 0 Å². The first-order valence-electron chi connectivity index (χ1n) is 12.2.